The molecule has 0 amide bonds. The molecule has 0 aromatic rings. The molecule has 13 heavy (non-hydrogen) atoms. The summed E-state index contributed by atoms with van der Waals surface area (Å²) >= 11 is 0. The molecular formula is C13H20. The second-order valence-corrected chi connectivity index (χ2v) is 4.66. The zero-order valence-corrected chi connectivity index (χ0v) is 8.79. The van der Waals surface area contributed by atoms with Crippen molar-refractivity contribution >= 4 is 0 Å². The van der Waals surface area contributed by atoms with Crippen LogP contribution in [0.3, 0.4) is 0 Å². The lowest BCUT2D eigenvalue weighted by Crippen LogP contribution is -2.34. The average Bonchev–Trinajstić information content (AvgIpc) is 2.22. The summed E-state index contributed by atoms with van der Waals surface area (Å²) in [4.78, 5) is 0. The summed E-state index contributed by atoms with van der Waals surface area (Å²) in [5.74, 6) is 2.89. The highest BCUT2D eigenvalue weighted by atomic mass is 14.4. The van der Waals surface area contributed by atoms with E-state index in [0.717, 1.165) is 17.8 Å². The Hall–Kier alpha value is -0.520. The molecule has 1 saturated carbocycles. The van der Waals surface area contributed by atoms with Gasteiger partial charge in [-0.2, -0.15) is 0 Å². The number of rotatable bonds is 2. The molecular weight excluding hydrogens is 156 g/mol. The second-order valence-electron chi connectivity index (χ2n) is 4.66. The third-order valence-electron chi connectivity index (χ3n) is 3.68. The third kappa shape index (κ3) is 1.72. The molecule has 0 nitrogen and oxygen atoms in total. The minimum atomic E-state index is 0.911. The molecule has 0 aromatic carbocycles. The molecule has 2 rings (SSSR count). The van der Waals surface area contributed by atoms with Crippen LogP contribution in [-0.4, -0.2) is 0 Å². The van der Waals surface area contributed by atoms with E-state index in [1.54, 1.807) is 0 Å². The van der Waals surface area contributed by atoms with Crippen molar-refractivity contribution in [2.24, 2.45) is 17.8 Å². The van der Waals surface area contributed by atoms with Gasteiger partial charge in [0, 0.05) is 0 Å². The Balaban J connectivity index is 1.98. The van der Waals surface area contributed by atoms with Gasteiger partial charge >= 0.3 is 0 Å². The highest BCUT2D eigenvalue weighted by Crippen LogP contribution is 2.47. The Morgan fingerprint density at radius 1 is 1.46 bits per heavy atom. The van der Waals surface area contributed by atoms with Gasteiger partial charge < -0.3 is 0 Å². The lowest BCUT2D eigenvalue weighted by atomic mass is 9.62. The first-order valence-corrected chi connectivity index (χ1v) is 5.66. The van der Waals surface area contributed by atoms with Crippen LogP contribution in [0.15, 0.2) is 23.8 Å². The number of fused-ring (bicyclic) bond motifs is 1. The highest BCUT2D eigenvalue weighted by Gasteiger charge is 2.37. The Labute approximate surface area is 81.7 Å². The van der Waals surface area contributed by atoms with E-state index in [1.807, 2.05) is 0 Å². The molecule has 0 heteroatoms. The van der Waals surface area contributed by atoms with Crippen LogP contribution < -0.4 is 0 Å². The molecule has 0 aliphatic heterocycles. The van der Waals surface area contributed by atoms with Gasteiger partial charge in [0.05, 0.1) is 0 Å². The van der Waals surface area contributed by atoms with Gasteiger partial charge in [-0.1, -0.05) is 43.6 Å². The van der Waals surface area contributed by atoms with Gasteiger partial charge in [-0.25, -0.2) is 0 Å². The van der Waals surface area contributed by atoms with Gasteiger partial charge in [0.15, 0.2) is 0 Å². The summed E-state index contributed by atoms with van der Waals surface area (Å²) < 4.78 is 0. The van der Waals surface area contributed by atoms with E-state index in [1.165, 1.54) is 31.3 Å². The molecule has 0 bridgehead atoms. The van der Waals surface area contributed by atoms with Crippen molar-refractivity contribution < 1.29 is 0 Å². The van der Waals surface area contributed by atoms with Gasteiger partial charge in [0.1, 0.15) is 0 Å². The van der Waals surface area contributed by atoms with E-state index >= 15 is 0 Å². The van der Waals surface area contributed by atoms with Crippen molar-refractivity contribution in [1.82, 2.24) is 0 Å². The predicted octanol–water partition coefficient (Wildman–Crippen LogP) is 3.95. The summed E-state index contributed by atoms with van der Waals surface area (Å²) in [5.41, 5.74) is 1.46. The maximum Gasteiger partial charge on any atom is -0.0170 e. The largest absolute Gasteiger partial charge is 0.0813 e. The molecule has 3 atom stereocenters. The molecule has 2 aliphatic rings. The summed E-state index contributed by atoms with van der Waals surface area (Å²) in [6.45, 7) is 4.52. The van der Waals surface area contributed by atoms with Crippen molar-refractivity contribution in [3.05, 3.63) is 23.8 Å². The minimum absolute atomic E-state index is 0.911. The zero-order chi connectivity index (χ0) is 9.26. The lowest BCUT2D eigenvalue weighted by Gasteiger charge is -2.42. The molecule has 0 spiro atoms. The number of hydrogen-bond donors (Lipinski definition) is 0. The molecule has 1 fully saturated rings. The summed E-state index contributed by atoms with van der Waals surface area (Å²) in [6, 6.07) is 0. The SMILES string of the molecule is CCCC1CC2CC=C(C)C=CC21. The Morgan fingerprint density at radius 3 is 3.08 bits per heavy atom. The van der Waals surface area contributed by atoms with Gasteiger partial charge in [0.2, 0.25) is 0 Å². The molecule has 0 heterocycles. The normalized spacial score (nSPS) is 37.4. The van der Waals surface area contributed by atoms with E-state index < -0.39 is 0 Å². The quantitative estimate of drug-likeness (QED) is 0.597. The van der Waals surface area contributed by atoms with Gasteiger partial charge in [-0.05, 0) is 37.5 Å². The molecule has 0 saturated heterocycles. The highest BCUT2D eigenvalue weighted by molar-refractivity contribution is 5.22. The molecule has 0 aromatic heterocycles. The number of allylic oxidation sites excluding steroid dienone is 4. The second kappa shape index (κ2) is 3.69. The van der Waals surface area contributed by atoms with Crippen LogP contribution in [0.1, 0.15) is 39.5 Å². The van der Waals surface area contributed by atoms with Crippen molar-refractivity contribution in [2.75, 3.05) is 0 Å². The van der Waals surface area contributed by atoms with Crippen LogP contribution in [0.5, 0.6) is 0 Å². The molecule has 0 N–H and O–H groups in total. The van der Waals surface area contributed by atoms with E-state index in [-0.39, 0.29) is 0 Å². The summed E-state index contributed by atoms with van der Waals surface area (Å²) in [6.07, 6.45) is 12.8. The Bertz CT molecular complexity index is 234. The van der Waals surface area contributed by atoms with Crippen LogP contribution in [-0.2, 0) is 0 Å². The maximum absolute atomic E-state index is 2.47. The summed E-state index contributed by atoms with van der Waals surface area (Å²) in [7, 11) is 0. The predicted molar refractivity (Wildman–Crippen MR) is 57.5 cm³/mol. The summed E-state index contributed by atoms with van der Waals surface area (Å²) in [5, 5.41) is 0. The number of hydrogen-bond acceptors (Lipinski definition) is 0. The smallest absolute Gasteiger partial charge is 0.0170 e. The fraction of sp³-hybridized carbons (Fsp3) is 0.692. The minimum Gasteiger partial charge on any atom is -0.0813 e. The molecule has 72 valence electrons. The van der Waals surface area contributed by atoms with Crippen LogP contribution in [0.2, 0.25) is 0 Å². The van der Waals surface area contributed by atoms with Gasteiger partial charge in [-0.15, -0.1) is 0 Å². The van der Waals surface area contributed by atoms with Gasteiger partial charge in [-0.3, -0.25) is 0 Å². The van der Waals surface area contributed by atoms with Crippen molar-refractivity contribution in [2.45, 2.75) is 39.5 Å². The molecule has 3 unspecified atom stereocenters. The maximum atomic E-state index is 2.47. The Kier molecular flexibility index (Phi) is 2.57. The van der Waals surface area contributed by atoms with Crippen LogP contribution in [0.25, 0.3) is 0 Å². The topological polar surface area (TPSA) is 0 Å². The zero-order valence-electron chi connectivity index (χ0n) is 8.79. The molecule has 0 radical (unpaired) electrons. The monoisotopic (exact) mass is 176 g/mol. The average molecular weight is 176 g/mol. The Morgan fingerprint density at radius 2 is 2.31 bits per heavy atom. The van der Waals surface area contributed by atoms with Crippen molar-refractivity contribution in [3.63, 3.8) is 0 Å². The standard InChI is InChI=1S/C13H20/c1-3-4-11-9-12-7-5-10(2)6-8-13(11)12/h5-6,8,11-13H,3-4,7,9H2,1-2H3. The third-order valence-corrected chi connectivity index (χ3v) is 3.68. The van der Waals surface area contributed by atoms with Crippen molar-refractivity contribution in [3.8, 4) is 0 Å². The van der Waals surface area contributed by atoms with Crippen LogP contribution >= 0.6 is 0 Å². The molecule has 2 aliphatic carbocycles. The first-order valence-electron chi connectivity index (χ1n) is 5.66. The lowest BCUT2D eigenvalue weighted by molar-refractivity contribution is 0.107. The fourth-order valence-corrected chi connectivity index (χ4v) is 2.81. The van der Waals surface area contributed by atoms with E-state index in [0.29, 0.717) is 0 Å². The van der Waals surface area contributed by atoms with Gasteiger partial charge in [0.25, 0.3) is 0 Å². The van der Waals surface area contributed by atoms with E-state index in [4.69, 9.17) is 0 Å². The fourth-order valence-electron chi connectivity index (χ4n) is 2.81. The van der Waals surface area contributed by atoms with E-state index in [9.17, 15) is 0 Å². The van der Waals surface area contributed by atoms with Crippen LogP contribution in [0.4, 0.5) is 0 Å². The van der Waals surface area contributed by atoms with E-state index in [2.05, 4.69) is 32.1 Å². The van der Waals surface area contributed by atoms with Crippen molar-refractivity contribution in [1.29, 1.82) is 0 Å². The first-order chi connectivity index (χ1) is 6.31. The first kappa shape index (κ1) is 9.05. The van der Waals surface area contributed by atoms with Crippen LogP contribution in [0, 0.1) is 17.8 Å².